The largest absolute Gasteiger partial charge is 0.485 e. The Morgan fingerprint density at radius 1 is 0.621 bits per heavy atom. The summed E-state index contributed by atoms with van der Waals surface area (Å²) in [5, 5.41) is 8.43. The van der Waals surface area contributed by atoms with Gasteiger partial charge in [-0.15, -0.1) is 0 Å². The number of aromatic nitrogens is 2. The van der Waals surface area contributed by atoms with E-state index in [1.807, 2.05) is 12.1 Å². The highest BCUT2D eigenvalue weighted by Crippen LogP contribution is 2.47. The molecule has 276 valence electrons. The van der Waals surface area contributed by atoms with Gasteiger partial charge in [0.15, 0.2) is 6.17 Å². The van der Waals surface area contributed by atoms with Crippen LogP contribution in [0.2, 0.25) is 0 Å². The minimum atomic E-state index is -0.524. The topological polar surface area (TPSA) is 69.0 Å². The lowest BCUT2D eigenvalue weighted by Crippen LogP contribution is -2.40. The molecule has 2 aliphatic carbocycles. The Hall–Kier alpha value is -7.38. The molecule has 3 aromatic heterocycles. The molecule has 0 bridgehead atoms. The average Bonchev–Trinajstić information content (AvgIpc) is 4.03. The average molecular weight is 750 g/mol. The third kappa shape index (κ3) is 4.55. The Balaban J connectivity index is 1.05. The van der Waals surface area contributed by atoms with Gasteiger partial charge >= 0.3 is 0 Å². The number of furan rings is 1. The van der Waals surface area contributed by atoms with E-state index in [1.54, 1.807) is 0 Å². The molecule has 1 N–H and O–H groups in total. The van der Waals surface area contributed by atoms with Crippen molar-refractivity contribution < 1.29 is 9.15 Å². The molecule has 58 heavy (non-hydrogen) atoms. The number of fused-ring (bicyclic) bond motifs is 13. The maximum absolute atomic E-state index is 6.37. The van der Waals surface area contributed by atoms with Gasteiger partial charge in [0.05, 0.1) is 16.7 Å². The van der Waals surface area contributed by atoms with Gasteiger partial charge in [-0.1, -0.05) is 97.1 Å². The van der Waals surface area contributed by atoms with Crippen LogP contribution in [0.15, 0.2) is 178 Å². The van der Waals surface area contributed by atoms with Crippen LogP contribution in [0.3, 0.4) is 0 Å². The van der Waals surface area contributed by atoms with Gasteiger partial charge in [0, 0.05) is 55.5 Å². The summed E-state index contributed by atoms with van der Waals surface area (Å²) < 4.78 is 17.5. The lowest BCUT2D eigenvalue weighted by molar-refractivity contribution is 0.269. The molecule has 0 saturated heterocycles. The maximum atomic E-state index is 6.37. The van der Waals surface area contributed by atoms with Gasteiger partial charge in [-0.05, 0) is 90.7 Å². The summed E-state index contributed by atoms with van der Waals surface area (Å²) in [5.74, 6) is 2.58. The number of nitrogens with zero attached hydrogens (tertiary/aromatic N) is 4. The van der Waals surface area contributed by atoms with Crippen LogP contribution in [-0.2, 0) is 12.8 Å². The quantitative estimate of drug-likeness (QED) is 0.196. The summed E-state index contributed by atoms with van der Waals surface area (Å²) in [6.07, 6.45) is 9.88. The molecule has 0 amide bonds. The number of ether oxygens (including phenoxy) is 1. The number of benzene rings is 6. The zero-order chi connectivity index (χ0) is 37.9. The van der Waals surface area contributed by atoms with Crippen LogP contribution in [0.1, 0.15) is 40.0 Å². The summed E-state index contributed by atoms with van der Waals surface area (Å²) in [5.41, 5.74) is 13.4. The molecular weight excluding hydrogens is 715 g/mol. The SMILES string of the molecule is C1=CC2Oc3ccc(C4=NC(c5ccc6oc7ccccc7c6c5)N=C(n5c6c(c7ccccc75)CCc5c-6c6ccccc6n5-c5ccccc5)N4)cc3C2C=C1. The Bertz CT molecular complexity index is 3320. The van der Waals surface area contributed by atoms with Gasteiger partial charge in [0.25, 0.3) is 0 Å². The number of hydrogen-bond donors (Lipinski definition) is 1. The molecule has 7 nitrogen and oxygen atoms in total. The first-order chi connectivity index (χ1) is 28.7. The van der Waals surface area contributed by atoms with E-state index in [-0.39, 0.29) is 12.0 Å². The Morgan fingerprint density at radius 2 is 1.38 bits per heavy atom. The third-order valence-electron chi connectivity index (χ3n) is 12.4. The molecular formula is C51H35N5O2. The minimum Gasteiger partial charge on any atom is -0.485 e. The number of rotatable bonds is 3. The van der Waals surface area contributed by atoms with E-state index in [4.69, 9.17) is 19.1 Å². The van der Waals surface area contributed by atoms with Crippen molar-refractivity contribution in [3.63, 3.8) is 0 Å². The van der Waals surface area contributed by atoms with Gasteiger partial charge in [0.2, 0.25) is 5.96 Å². The molecule has 3 unspecified atom stereocenters. The lowest BCUT2D eigenvalue weighted by Gasteiger charge is -2.26. The summed E-state index contributed by atoms with van der Waals surface area (Å²) >= 11 is 0. The van der Waals surface area contributed by atoms with E-state index in [9.17, 15) is 0 Å². The molecule has 0 radical (unpaired) electrons. The van der Waals surface area contributed by atoms with E-state index in [1.165, 1.54) is 50.1 Å². The van der Waals surface area contributed by atoms with Crippen LogP contribution in [0.25, 0.3) is 60.7 Å². The van der Waals surface area contributed by atoms with Crippen molar-refractivity contribution >= 4 is 55.5 Å². The fraction of sp³-hybridized carbons (Fsp3) is 0.0980. The van der Waals surface area contributed by atoms with Gasteiger partial charge in [-0.2, -0.15) is 0 Å². The van der Waals surface area contributed by atoms with E-state index >= 15 is 0 Å². The summed E-state index contributed by atoms with van der Waals surface area (Å²) in [6.45, 7) is 0. The standard InChI is InChI=1S/C51H35N5O2/c1-2-12-32(13-3-1)55-41-19-9-5-17-37(41)47-42(55)25-24-36-33-14-4-8-18-40(33)56(48(36)47)51-53-49(30-22-26-45-38(28-30)34-15-6-10-20-43(34)57-45)52-50(54-51)31-23-27-46-39(29-31)35-16-7-11-21-44(35)58-46/h1-23,26-29,34,43,50H,24-25H2,(H,52,53,54). The zero-order valence-corrected chi connectivity index (χ0v) is 31.3. The Labute approximate surface area is 333 Å². The van der Waals surface area contributed by atoms with Crippen LogP contribution >= 0.6 is 0 Å². The van der Waals surface area contributed by atoms with Crippen molar-refractivity contribution in [3.05, 3.63) is 192 Å². The van der Waals surface area contributed by atoms with Crippen molar-refractivity contribution in [3.8, 4) is 22.7 Å². The number of para-hydroxylation sites is 4. The van der Waals surface area contributed by atoms with Crippen molar-refractivity contribution in [2.45, 2.75) is 31.0 Å². The molecule has 2 aliphatic heterocycles. The maximum Gasteiger partial charge on any atom is 0.211 e. The first-order valence-electron chi connectivity index (χ1n) is 20.1. The predicted octanol–water partition coefficient (Wildman–Crippen LogP) is 11.2. The minimum absolute atomic E-state index is 0.00265. The first kappa shape index (κ1) is 31.8. The van der Waals surface area contributed by atoms with Gasteiger partial charge in [-0.3, -0.25) is 4.57 Å². The van der Waals surface area contributed by atoms with Gasteiger partial charge in [-0.25, -0.2) is 9.98 Å². The summed E-state index contributed by atoms with van der Waals surface area (Å²) in [7, 11) is 0. The number of aryl methyl sites for hydroxylation is 1. The molecule has 9 aromatic rings. The molecule has 0 spiro atoms. The molecule has 5 heterocycles. The Kier molecular flexibility index (Phi) is 6.61. The van der Waals surface area contributed by atoms with Crippen LogP contribution in [0.5, 0.6) is 5.75 Å². The summed E-state index contributed by atoms with van der Waals surface area (Å²) in [4.78, 5) is 11.0. The highest BCUT2D eigenvalue weighted by molar-refractivity contribution is 6.16. The molecule has 0 saturated carbocycles. The van der Waals surface area contributed by atoms with E-state index < -0.39 is 6.17 Å². The highest BCUT2D eigenvalue weighted by atomic mass is 16.5. The van der Waals surface area contributed by atoms with E-state index in [2.05, 4.69) is 166 Å². The molecule has 13 rings (SSSR count). The fourth-order valence-electron chi connectivity index (χ4n) is 9.89. The molecule has 4 aliphatic rings. The predicted molar refractivity (Wildman–Crippen MR) is 232 cm³/mol. The second-order valence-electron chi connectivity index (χ2n) is 15.6. The number of hydrogen-bond acceptors (Lipinski definition) is 5. The second-order valence-corrected chi connectivity index (χ2v) is 15.6. The number of nitrogens with one attached hydrogen (secondary N) is 1. The third-order valence-corrected chi connectivity index (χ3v) is 12.4. The van der Waals surface area contributed by atoms with E-state index in [0.717, 1.165) is 69.0 Å². The normalized spacial score (nSPS) is 19.1. The molecule has 7 heteroatoms. The van der Waals surface area contributed by atoms with Crippen LogP contribution in [-0.4, -0.2) is 27.0 Å². The smallest absolute Gasteiger partial charge is 0.211 e. The second kappa shape index (κ2) is 12.1. The van der Waals surface area contributed by atoms with Crippen molar-refractivity contribution in [2.75, 3.05) is 0 Å². The number of allylic oxidation sites excluding steroid dienone is 2. The molecule has 6 aromatic carbocycles. The zero-order valence-electron chi connectivity index (χ0n) is 31.3. The van der Waals surface area contributed by atoms with Crippen molar-refractivity contribution in [2.24, 2.45) is 9.98 Å². The van der Waals surface area contributed by atoms with Crippen molar-refractivity contribution in [1.29, 1.82) is 0 Å². The number of amidine groups is 1. The first-order valence-corrected chi connectivity index (χ1v) is 20.1. The fourth-order valence-corrected chi connectivity index (χ4v) is 9.89. The molecule has 0 fully saturated rings. The Morgan fingerprint density at radius 3 is 2.28 bits per heavy atom. The lowest BCUT2D eigenvalue weighted by atomic mass is 9.91. The van der Waals surface area contributed by atoms with Crippen LogP contribution in [0, 0.1) is 0 Å². The highest BCUT2D eigenvalue weighted by Gasteiger charge is 2.35. The van der Waals surface area contributed by atoms with Gasteiger partial charge < -0.3 is 19.0 Å². The van der Waals surface area contributed by atoms with E-state index in [0.29, 0.717) is 0 Å². The van der Waals surface area contributed by atoms with Gasteiger partial charge in [0.1, 0.15) is 28.9 Å². The monoisotopic (exact) mass is 749 g/mol. The van der Waals surface area contributed by atoms with Crippen LogP contribution in [0.4, 0.5) is 0 Å². The number of aliphatic imine (C=N–C) groups is 2. The molecule has 3 atom stereocenters. The van der Waals surface area contributed by atoms with Crippen LogP contribution < -0.4 is 10.1 Å². The van der Waals surface area contributed by atoms with Crippen molar-refractivity contribution in [1.82, 2.24) is 14.5 Å². The summed E-state index contributed by atoms with van der Waals surface area (Å²) in [6, 6.07) is 49.4.